The van der Waals surface area contributed by atoms with Gasteiger partial charge in [0.1, 0.15) is 6.04 Å². The summed E-state index contributed by atoms with van der Waals surface area (Å²) >= 11 is 0. The van der Waals surface area contributed by atoms with E-state index in [0.29, 0.717) is 6.61 Å². The Morgan fingerprint density at radius 1 is 1.60 bits per heavy atom. The molecule has 0 aliphatic heterocycles. The molecule has 10 heavy (non-hydrogen) atoms. The minimum absolute atomic E-state index is 0.340. The molecule has 0 rings (SSSR count). The van der Waals surface area contributed by atoms with Crippen LogP contribution in [0.25, 0.3) is 0 Å². The molecule has 3 nitrogen and oxygen atoms in total. The molecule has 0 spiro atoms. The molecule has 0 saturated heterocycles. The number of ether oxygens (including phenoxy) is 1. The third-order valence-electron chi connectivity index (χ3n) is 0.658. The van der Waals surface area contributed by atoms with Gasteiger partial charge in [-0.3, -0.25) is 4.79 Å². The maximum Gasteiger partial charge on any atom is 0.322 e. The van der Waals surface area contributed by atoms with Gasteiger partial charge in [-0.15, -0.1) is 0 Å². The maximum atomic E-state index is 10.4. The minimum atomic E-state index is -0.491. The third-order valence-corrected chi connectivity index (χ3v) is 0.658. The Balaban J connectivity index is 0. The molecule has 3 heteroatoms. The van der Waals surface area contributed by atoms with Crippen LogP contribution in [0.3, 0.4) is 0 Å². The van der Waals surface area contributed by atoms with Crippen LogP contribution < -0.4 is 5.73 Å². The molecule has 0 aromatic carbocycles. The number of carbonyl (C=O) groups excluding carboxylic acids is 1. The summed E-state index contributed by atoms with van der Waals surface area (Å²) in [4.78, 5) is 10.4. The van der Waals surface area contributed by atoms with Crippen LogP contribution in [0, 0.1) is 0 Å². The van der Waals surface area contributed by atoms with Gasteiger partial charge in [-0.25, -0.2) is 0 Å². The van der Waals surface area contributed by atoms with E-state index in [-0.39, 0.29) is 5.97 Å². The van der Waals surface area contributed by atoms with Crippen molar-refractivity contribution in [3.05, 3.63) is 0 Å². The summed E-state index contributed by atoms with van der Waals surface area (Å²) in [5.41, 5.74) is 5.15. The van der Waals surface area contributed by atoms with Crippen molar-refractivity contribution in [3.8, 4) is 0 Å². The molecule has 0 bridgehead atoms. The van der Waals surface area contributed by atoms with Crippen molar-refractivity contribution in [2.24, 2.45) is 5.73 Å². The summed E-state index contributed by atoms with van der Waals surface area (Å²) in [5.74, 6) is -0.340. The van der Waals surface area contributed by atoms with Crippen molar-refractivity contribution in [2.45, 2.75) is 33.7 Å². The van der Waals surface area contributed by atoms with E-state index >= 15 is 0 Å². The summed E-state index contributed by atoms with van der Waals surface area (Å²) in [5, 5.41) is 0. The highest BCUT2D eigenvalue weighted by Gasteiger charge is 2.05. The second-order valence-corrected chi connectivity index (χ2v) is 1.54. The van der Waals surface area contributed by atoms with Crippen LogP contribution in [0.4, 0.5) is 0 Å². The highest BCUT2D eigenvalue weighted by Crippen LogP contribution is 1.80. The van der Waals surface area contributed by atoms with Crippen LogP contribution >= 0.6 is 0 Å². The SMILES string of the molecule is CC.CCOC(=O)[C@H](C)N. The molecule has 0 aliphatic rings. The molecule has 0 unspecified atom stereocenters. The fourth-order valence-corrected chi connectivity index (χ4v) is 0.274. The van der Waals surface area contributed by atoms with Crippen LogP contribution in [-0.2, 0) is 9.53 Å². The first-order valence-corrected chi connectivity index (χ1v) is 3.60. The summed E-state index contributed by atoms with van der Waals surface area (Å²) in [6, 6.07) is -0.491. The molecular weight excluding hydrogens is 130 g/mol. The lowest BCUT2D eigenvalue weighted by molar-refractivity contribution is -0.144. The third kappa shape index (κ3) is 7.43. The number of esters is 1. The normalized spacial score (nSPS) is 10.9. The lowest BCUT2D eigenvalue weighted by Crippen LogP contribution is -2.28. The second kappa shape index (κ2) is 8.43. The zero-order chi connectivity index (χ0) is 8.57. The molecule has 2 N–H and O–H groups in total. The number of carbonyl (C=O) groups is 1. The first-order valence-electron chi connectivity index (χ1n) is 3.60. The summed E-state index contributed by atoms with van der Waals surface area (Å²) < 4.78 is 4.54. The highest BCUT2D eigenvalue weighted by molar-refractivity contribution is 5.74. The van der Waals surface area contributed by atoms with E-state index in [1.54, 1.807) is 13.8 Å². The van der Waals surface area contributed by atoms with Gasteiger partial charge in [-0.1, -0.05) is 13.8 Å². The maximum absolute atomic E-state index is 10.4. The Morgan fingerprint density at radius 2 is 2.00 bits per heavy atom. The highest BCUT2D eigenvalue weighted by atomic mass is 16.5. The van der Waals surface area contributed by atoms with E-state index in [2.05, 4.69) is 4.74 Å². The van der Waals surface area contributed by atoms with E-state index in [9.17, 15) is 4.79 Å². The van der Waals surface area contributed by atoms with Crippen LogP contribution in [0.2, 0.25) is 0 Å². The second-order valence-electron chi connectivity index (χ2n) is 1.54. The molecule has 0 fully saturated rings. The van der Waals surface area contributed by atoms with Crippen molar-refractivity contribution in [1.82, 2.24) is 0 Å². The number of hydrogen-bond donors (Lipinski definition) is 1. The molecule has 0 heterocycles. The predicted molar refractivity (Wildman–Crippen MR) is 41.6 cm³/mol. The van der Waals surface area contributed by atoms with Crippen molar-refractivity contribution < 1.29 is 9.53 Å². The van der Waals surface area contributed by atoms with Crippen molar-refractivity contribution >= 4 is 5.97 Å². The van der Waals surface area contributed by atoms with Gasteiger partial charge in [0.05, 0.1) is 6.61 Å². The summed E-state index contributed by atoms with van der Waals surface area (Å²) in [6.07, 6.45) is 0. The number of hydrogen-bond acceptors (Lipinski definition) is 3. The smallest absolute Gasteiger partial charge is 0.322 e. The monoisotopic (exact) mass is 147 g/mol. The molecule has 0 saturated carbocycles. The fourth-order valence-electron chi connectivity index (χ4n) is 0.274. The van der Waals surface area contributed by atoms with E-state index in [0.717, 1.165) is 0 Å². The molecule has 0 amide bonds. The molecule has 0 aliphatic carbocycles. The lowest BCUT2D eigenvalue weighted by atomic mass is 10.4. The Kier molecular flexibility index (Phi) is 10.2. The lowest BCUT2D eigenvalue weighted by Gasteiger charge is -2.02. The van der Waals surface area contributed by atoms with Gasteiger partial charge >= 0.3 is 5.97 Å². The topological polar surface area (TPSA) is 52.3 Å². The quantitative estimate of drug-likeness (QED) is 0.591. The number of rotatable bonds is 2. The predicted octanol–water partition coefficient (Wildman–Crippen LogP) is 0.923. The van der Waals surface area contributed by atoms with Gasteiger partial charge in [0.25, 0.3) is 0 Å². The molecule has 1 atom stereocenters. The van der Waals surface area contributed by atoms with Gasteiger partial charge in [-0.05, 0) is 13.8 Å². The molecule has 0 aromatic heterocycles. The van der Waals surface area contributed by atoms with Gasteiger partial charge in [-0.2, -0.15) is 0 Å². The Bertz CT molecular complexity index is 81.7. The molecular formula is C7H17NO2. The average Bonchev–Trinajstić information content (AvgIpc) is 1.93. The molecule has 0 aromatic rings. The number of nitrogens with two attached hydrogens (primary N) is 1. The fraction of sp³-hybridized carbons (Fsp3) is 0.857. The summed E-state index contributed by atoms with van der Waals surface area (Å²) in [7, 11) is 0. The van der Waals surface area contributed by atoms with Gasteiger partial charge in [0, 0.05) is 0 Å². The van der Waals surface area contributed by atoms with Crippen molar-refractivity contribution in [1.29, 1.82) is 0 Å². The Morgan fingerprint density at radius 3 is 2.10 bits per heavy atom. The molecule has 62 valence electrons. The van der Waals surface area contributed by atoms with Crippen molar-refractivity contribution in [3.63, 3.8) is 0 Å². The van der Waals surface area contributed by atoms with Crippen LogP contribution in [0.15, 0.2) is 0 Å². The largest absolute Gasteiger partial charge is 0.465 e. The average molecular weight is 147 g/mol. The zero-order valence-corrected chi connectivity index (χ0v) is 7.18. The van der Waals surface area contributed by atoms with Crippen LogP contribution in [0.1, 0.15) is 27.7 Å². The Labute approximate surface area is 62.5 Å². The van der Waals surface area contributed by atoms with Gasteiger partial charge in [0.15, 0.2) is 0 Å². The van der Waals surface area contributed by atoms with Crippen molar-refractivity contribution in [2.75, 3.05) is 6.61 Å². The zero-order valence-electron chi connectivity index (χ0n) is 7.18. The standard InChI is InChI=1S/C5H11NO2.C2H6/c1-3-8-5(7)4(2)6;1-2/h4H,3,6H2,1-2H3;1-2H3/t4-;/m0./s1. The minimum Gasteiger partial charge on any atom is -0.465 e. The van der Waals surface area contributed by atoms with E-state index in [4.69, 9.17) is 5.73 Å². The van der Waals surface area contributed by atoms with E-state index in [1.807, 2.05) is 13.8 Å². The van der Waals surface area contributed by atoms with E-state index in [1.165, 1.54) is 0 Å². The van der Waals surface area contributed by atoms with Crippen LogP contribution in [-0.4, -0.2) is 18.6 Å². The first kappa shape index (κ1) is 12.1. The first-order chi connectivity index (χ1) is 4.68. The van der Waals surface area contributed by atoms with Crippen LogP contribution in [0.5, 0.6) is 0 Å². The Hall–Kier alpha value is -0.570. The van der Waals surface area contributed by atoms with Gasteiger partial charge in [0.2, 0.25) is 0 Å². The molecule has 0 radical (unpaired) electrons. The van der Waals surface area contributed by atoms with E-state index < -0.39 is 6.04 Å². The van der Waals surface area contributed by atoms with Gasteiger partial charge < -0.3 is 10.5 Å². The summed E-state index contributed by atoms with van der Waals surface area (Å²) in [6.45, 7) is 7.75.